The SMILES string of the molecule is C=CCC(Br)(CC=C)C(Br)COP(=O)(O)O. The third-order valence-electron chi connectivity index (χ3n) is 1.92. The lowest BCUT2D eigenvalue weighted by atomic mass is 9.97. The van der Waals surface area contributed by atoms with Crippen molar-refractivity contribution >= 4 is 39.7 Å². The summed E-state index contributed by atoms with van der Waals surface area (Å²) in [5.41, 5.74) is 0. The maximum atomic E-state index is 10.6. The predicted molar refractivity (Wildman–Crippen MR) is 72.0 cm³/mol. The van der Waals surface area contributed by atoms with Crippen LogP contribution < -0.4 is 0 Å². The fourth-order valence-corrected chi connectivity index (χ4v) is 2.77. The van der Waals surface area contributed by atoms with E-state index >= 15 is 0 Å². The number of halogens is 2. The Morgan fingerprint density at radius 2 is 1.81 bits per heavy atom. The van der Waals surface area contributed by atoms with E-state index < -0.39 is 12.1 Å². The maximum Gasteiger partial charge on any atom is 0.469 e. The lowest BCUT2D eigenvalue weighted by Crippen LogP contribution is -2.34. The summed E-state index contributed by atoms with van der Waals surface area (Å²) in [6, 6.07) is 0. The number of phosphoric ester groups is 1. The molecule has 0 amide bonds. The lowest BCUT2D eigenvalue weighted by Gasteiger charge is -2.30. The molecule has 1 atom stereocenters. The summed E-state index contributed by atoms with van der Waals surface area (Å²) in [4.78, 5) is 16.9. The Morgan fingerprint density at radius 3 is 2.12 bits per heavy atom. The summed E-state index contributed by atoms with van der Waals surface area (Å²) in [7, 11) is -4.43. The molecule has 1 unspecified atom stereocenters. The minimum absolute atomic E-state index is 0.1000. The monoisotopic (exact) mass is 376 g/mol. The van der Waals surface area contributed by atoms with Crippen LogP contribution >= 0.6 is 39.7 Å². The van der Waals surface area contributed by atoms with Crippen molar-refractivity contribution in [1.82, 2.24) is 0 Å². The van der Waals surface area contributed by atoms with Gasteiger partial charge in [-0.3, -0.25) is 4.52 Å². The van der Waals surface area contributed by atoms with Gasteiger partial charge in [-0.15, -0.1) is 13.2 Å². The molecule has 2 N–H and O–H groups in total. The number of hydrogen-bond acceptors (Lipinski definition) is 2. The summed E-state index contributed by atoms with van der Waals surface area (Å²) in [5, 5.41) is 0. The summed E-state index contributed by atoms with van der Waals surface area (Å²) in [6.07, 6.45) is 4.70. The summed E-state index contributed by atoms with van der Waals surface area (Å²) in [6.45, 7) is 7.18. The zero-order valence-electron chi connectivity index (χ0n) is 8.68. The number of alkyl halides is 2. The van der Waals surface area contributed by atoms with Crippen molar-refractivity contribution in [3.05, 3.63) is 25.3 Å². The van der Waals surface area contributed by atoms with E-state index in [1.54, 1.807) is 12.2 Å². The fourth-order valence-electron chi connectivity index (χ4n) is 1.13. The average Bonchev–Trinajstić information content (AvgIpc) is 2.13. The third-order valence-corrected chi connectivity index (χ3v) is 5.36. The Balaban J connectivity index is 4.49. The zero-order valence-corrected chi connectivity index (χ0v) is 12.7. The first-order valence-electron chi connectivity index (χ1n) is 4.50. The third kappa shape index (κ3) is 6.33. The van der Waals surface area contributed by atoms with Crippen LogP contribution in [0.25, 0.3) is 0 Å². The first kappa shape index (κ1) is 16.6. The molecule has 0 aromatic carbocycles. The number of allylic oxidation sites excluding steroid dienone is 2. The molecule has 0 aliphatic heterocycles. The minimum atomic E-state index is -4.43. The van der Waals surface area contributed by atoms with Gasteiger partial charge in [-0.2, -0.15) is 0 Å². The van der Waals surface area contributed by atoms with Gasteiger partial charge in [-0.1, -0.05) is 44.0 Å². The van der Waals surface area contributed by atoms with E-state index in [-0.39, 0.29) is 11.4 Å². The Kier molecular flexibility index (Phi) is 7.33. The van der Waals surface area contributed by atoms with Crippen molar-refractivity contribution in [1.29, 1.82) is 0 Å². The highest BCUT2D eigenvalue weighted by Crippen LogP contribution is 2.41. The largest absolute Gasteiger partial charge is 0.469 e. The fraction of sp³-hybridized carbons (Fsp3) is 0.556. The van der Waals surface area contributed by atoms with Crippen LogP contribution in [0.4, 0.5) is 0 Å². The van der Waals surface area contributed by atoms with Gasteiger partial charge in [-0.05, 0) is 12.8 Å². The van der Waals surface area contributed by atoms with E-state index in [0.29, 0.717) is 12.8 Å². The molecule has 7 heteroatoms. The second kappa shape index (κ2) is 7.09. The van der Waals surface area contributed by atoms with E-state index in [4.69, 9.17) is 9.79 Å². The Bertz CT molecular complexity index is 279. The average molecular weight is 378 g/mol. The molecule has 0 bridgehead atoms. The molecule has 0 fully saturated rings. The van der Waals surface area contributed by atoms with Crippen molar-refractivity contribution in [2.75, 3.05) is 6.61 Å². The van der Waals surface area contributed by atoms with E-state index in [9.17, 15) is 4.57 Å². The van der Waals surface area contributed by atoms with Crippen LogP contribution in [0, 0.1) is 0 Å². The molecule has 0 aromatic rings. The van der Waals surface area contributed by atoms with Crippen molar-refractivity contribution in [3.8, 4) is 0 Å². The highest BCUT2D eigenvalue weighted by atomic mass is 79.9. The second-order valence-corrected chi connectivity index (χ2v) is 7.20. The van der Waals surface area contributed by atoms with Crippen LogP contribution in [0.5, 0.6) is 0 Å². The van der Waals surface area contributed by atoms with Crippen LogP contribution in [-0.2, 0) is 9.09 Å². The van der Waals surface area contributed by atoms with Crippen molar-refractivity contribution in [3.63, 3.8) is 0 Å². The molecule has 0 radical (unpaired) electrons. The van der Waals surface area contributed by atoms with Gasteiger partial charge in [0.2, 0.25) is 0 Å². The molecule has 0 saturated heterocycles. The molecular weight excluding hydrogens is 363 g/mol. The first-order chi connectivity index (χ1) is 7.25. The van der Waals surface area contributed by atoms with E-state index in [0.717, 1.165) is 0 Å². The summed E-state index contributed by atoms with van der Waals surface area (Å²) >= 11 is 6.86. The predicted octanol–water partition coefficient (Wildman–Crippen LogP) is 3.15. The Labute approximate surface area is 112 Å². The Morgan fingerprint density at radius 1 is 1.38 bits per heavy atom. The van der Waals surface area contributed by atoms with Crippen molar-refractivity contribution < 1.29 is 18.9 Å². The zero-order chi connectivity index (χ0) is 12.8. The quantitative estimate of drug-likeness (QED) is 0.387. The molecule has 0 aromatic heterocycles. The van der Waals surface area contributed by atoms with E-state index in [2.05, 4.69) is 49.5 Å². The summed E-state index contributed by atoms with van der Waals surface area (Å²) < 4.78 is 14.6. The van der Waals surface area contributed by atoms with Gasteiger partial charge < -0.3 is 9.79 Å². The maximum absolute atomic E-state index is 10.6. The molecule has 0 aliphatic carbocycles. The van der Waals surface area contributed by atoms with Gasteiger partial charge in [0, 0.05) is 4.32 Å². The Hall–Kier alpha value is 0.550. The molecular formula is C9H15Br2O4P. The van der Waals surface area contributed by atoms with Crippen LogP contribution in [0.15, 0.2) is 25.3 Å². The molecule has 0 spiro atoms. The van der Waals surface area contributed by atoms with Crippen LogP contribution in [-0.4, -0.2) is 25.5 Å². The highest BCUT2D eigenvalue weighted by molar-refractivity contribution is 9.12. The van der Waals surface area contributed by atoms with Gasteiger partial charge in [0.15, 0.2) is 0 Å². The van der Waals surface area contributed by atoms with E-state index in [1.165, 1.54) is 0 Å². The van der Waals surface area contributed by atoms with Gasteiger partial charge in [0.1, 0.15) is 0 Å². The van der Waals surface area contributed by atoms with Crippen LogP contribution in [0.3, 0.4) is 0 Å². The van der Waals surface area contributed by atoms with Crippen molar-refractivity contribution in [2.24, 2.45) is 0 Å². The van der Waals surface area contributed by atoms with Gasteiger partial charge in [0.25, 0.3) is 0 Å². The molecule has 16 heavy (non-hydrogen) atoms. The van der Waals surface area contributed by atoms with E-state index in [1.807, 2.05) is 0 Å². The standard InChI is InChI=1S/C9H15Br2O4P/c1-3-5-9(11,6-4-2)8(10)7-15-16(12,13)14/h3-4,8H,1-2,5-7H2,(H2,12,13,14). The molecule has 0 aliphatic rings. The molecule has 0 saturated carbocycles. The minimum Gasteiger partial charge on any atom is -0.303 e. The summed E-state index contributed by atoms with van der Waals surface area (Å²) in [5.74, 6) is 0. The number of phosphoric acid groups is 1. The van der Waals surface area contributed by atoms with Gasteiger partial charge in [-0.25, -0.2) is 4.57 Å². The molecule has 94 valence electrons. The van der Waals surface area contributed by atoms with Crippen LogP contribution in [0.1, 0.15) is 12.8 Å². The topological polar surface area (TPSA) is 66.8 Å². The normalized spacial score (nSPS) is 14.5. The highest BCUT2D eigenvalue weighted by Gasteiger charge is 2.34. The smallest absolute Gasteiger partial charge is 0.303 e. The van der Waals surface area contributed by atoms with Gasteiger partial charge in [0.05, 0.1) is 11.4 Å². The molecule has 4 nitrogen and oxygen atoms in total. The molecule has 0 rings (SSSR count). The second-order valence-electron chi connectivity index (χ2n) is 3.27. The van der Waals surface area contributed by atoms with Crippen molar-refractivity contribution in [2.45, 2.75) is 22.0 Å². The van der Waals surface area contributed by atoms with Crippen LogP contribution in [0.2, 0.25) is 0 Å². The first-order valence-corrected chi connectivity index (χ1v) is 7.74. The van der Waals surface area contributed by atoms with Gasteiger partial charge >= 0.3 is 7.82 Å². The number of rotatable bonds is 8. The lowest BCUT2D eigenvalue weighted by molar-refractivity contribution is 0.193. The number of hydrogen-bond donors (Lipinski definition) is 2. The molecule has 0 heterocycles.